The molecular formula is C15H16F2N2. The molecule has 0 heterocycles. The number of hydrogen-bond acceptors (Lipinski definition) is 2. The Morgan fingerprint density at radius 2 is 1.74 bits per heavy atom. The Balaban J connectivity index is 2.18. The maximum Gasteiger partial charge on any atom is 0.129 e. The maximum atomic E-state index is 13.6. The van der Waals surface area contributed by atoms with Gasteiger partial charge in [-0.25, -0.2) is 8.78 Å². The lowest BCUT2D eigenvalue weighted by atomic mass is 10.1. The van der Waals surface area contributed by atoms with Crippen LogP contribution in [-0.2, 0) is 13.1 Å². The molecule has 0 radical (unpaired) electrons. The van der Waals surface area contributed by atoms with E-state index in [1.807, 2.05) is 0 Å². The molecule has 0 amide bonds. The molecule has 100 valence electrons. The molecule has 2 aromatic carbocycles. The Bertz CT molecular complexity index is 570. The van der Waals surface area contributed by atoms with Crippen LogP contribution in [0.1, 0.15) is 11.1 Å². The zero-order valence-electron chi connectivity index (χ0n) is 10.7. The largest absolute Gasteiger partial charge is 0.370 e. The first-order valence-electron chi connectivity index (χ1n) is 6.05. The van der Waals surface area contributed by atoms with Crippen molar-refractivity contribution in [2.75, 3.05) is 11.9 Å². The lowest BCUT2D eigenvalue weighted by Crippen LogP contribution is -2.17. The van der Waals surface area contributed by atoms with Gasteiger partial charge >= 0.3 is 0 Å². The first-order valence-corrected chi connectivity index (χ1v) is 6.05. The van der Waals surface area contributed by atoms with Gasteiger partial charge in [0.15, 0.2) is 0 Å². The zero-order chi connectivity index (χ0) is 13.8. The van der Waals surface area contributed by atoms with Crippen molar-refractivity contribution in [2.45, 2.75) is 13.1 Å². The molecule has 2 N–H and O–H groups in total. The van der Waals surface area contributed by atoms with Crippen LogP contribution in [-0.4, -0.2) is 7.05 Å². The first-order chi connectivity index (χ1) is 9.11. The summed E-state index contributed by atoms with van der Waals surface area (Å²) >= 11 is 0. The molecule has 0 aromatic heterocycles. The second kappa shape index (κ2) is 5.80. The van der Waals surface area contributed by atoms with E-state index in [2.05, 4.69) is 0 Å². The predicted octanol–water partition coefficient (Wildman–Crippen LogP) is 3.06. The van der Waals surface area contributed by atoms with E-state index in [1.165, 1.54) is 12.1 Å². The Morgan fingerprint density at radius 3 is 2.37 bits per heavy atom. The summed E-state index contributed by atoms with van der Waals surface area (Å²) in [5.41, 5.74) is 7.16. The molecule has 0 atom stereocenters. The van der Waals surface area contributed by atoms with Crippen molar-refractivity contribution in [1.29, 1.82) is 0 Å². The van der Waals surface area contributed by atoms with Gasteiger partial charge in [0, 0.05) is 37.0 Å². The van der Waals surface area contributed by atoms with Crippen molar-refractivity contribution < 1.29 is 8.78 Å². The van der Waals surface area contributed by atoms with Crippen LogP contribution in [0, 0.1) is 11.6 Å². The number of hydrogen-bond donors (Lipinski definition) is 1. The topological polar surface area (TPSA) is 29.3 Å². The van der Waals surface area contributed by atoms with Crippen LogP contribution in [0.4, 0.5) is 14.5 Å². The average Bonchev–Trinajstić information content (AvgIpc) is 2.41. The fourth-order valence-electron chi connectivity index (χ4n) is 1.91. The minimum absolute atomic E-state index is 0.170. The minimum atomic E-state index is -0.333. The Hall–Kier alpha value is -1.94. The van der Waals surface area contributed by atoms with E-state index < -0.39 is 0 Å². The molecule has 0 aliphatic heterocycles. The van der Waals surface area contributed by atoms with Gasteiger partial charge in [0.25, 0.3) is 0 Å². The van der Waals surface area contributed by atoms with Crippen LogP contribution in [0.2, 0.25) is 0 Å². The molecule has 0 spiro atoms. The third-order valence-electron chi connectivity index (χ3n) is 3.06. The van der Waals surface area contributed by atoms with Crippen LogP contribution in [0.25, 0.3) is 0 Å². The molecule has 0 aliphatic rings. The second-order valence-electron chi connectivity index (χ2n) is 4.43. The predicted molar refractivity (Wildman–Crippen MR) is 72.8 cm³/mol. The van der Waals surface area contributed by atoms with Crippen LogP contribution in [0.5, 0.6) is 0 Å². The third kappa shape index (κ3) is 3.09. The molecule has 0 saturated heterocycles. The smallest absolute Gasteiger partial charge is 0.129 e. The summed E-state index contributed by atoms with van der Waals surface area (Å²) in [5.74, 6) is -0.589. The SMILES string of the molecule is CN(Cc1ccccc1F)c1ccc(CN)c(F)c1. The van der Waals surface area contributed by atoms with Crippen LogP contribution in [0.15, 0.2) is 42.5 Å². The molecule has 4 heteroatoms. The van der Waals surface area contributed by atoms with Gasteiger partial charge in [-0.05, 0) is 18.2 Å². The highest BCUT2D eigenvalue weighted by atomic mass is 19.1. The molecule has 2 nitrogen and oxygen atoms in total. The average molecular weight is 262 g/mol. The minimum Gasteiger partial charge on any atom is -0.370 e. The summed E-state index contributed by atoms with van der Waals surface area (Å²) in [7, 11) is 1.79. The Labute approximate surface area is 111 Å². The standard InChI is InChI=1S/C15H16F2N2/c1-19(10-12-4-2-3-5-14(12)16)13-7-6-11(9-18)15(17)8-13/h2-8H,9-10,18H2,1H3. The molecular weight excluding hydrogens is 246 g/mol. The summed E-state index contributed by atoms with van der Waals surface area (Å²) in [6.45, 7) is 0.553. The van der Waals surface area contributed by atoms with Gasteiger partial charge in [0.2, 0.25) is 0 Å². The van der Waals surface area contributed by atoms with Crippen LogP contribution >= 0.6 is 0 Å². The molecule has 2 rings (SSSR count). The van der Waals surface area contributed by atoms with Crippen molar-refractivity contribution in [1.82, 2.24) is 0 Å². The molecule has 2 aromatic rings. The number of rotatable bonds is 4. The van der Waals surface area contributed by atoms with Crippen molar-refractivity contribution in [3.63, 3.8) is 0 Å². The summed E-state index contributed by atoms with van der Waals surface area (Å²) < 4.78 is 27.2. The summed E-state index contributed by atoms with van der Waals surface area (Å²) in [4.78, 5) is 1.79. The normalized spacial score (nSPS) is 10.5. The summed E-state index contributed by atoms with van der Waals surface area (Å²) in [5, 5.41) is 0. The van der Waals surface area contributed by atoms with E-state index in [0.717, 1.165) is 0 Å². The van der Waals surface area contributed by atoms with E-state index >= 15 is 0 Å². The monoisotopic (exact) mass is 262 g/mol. The third-order valence-corrected chi connectivity index (χ3v) is 3.06. The zero-order valence-corrected chi connectivity index (χ0v) is 10.7. The molecule has 0 bridgehead atoms. The summed E-state index contributed by atoms with van der Waals surface area (Å²) in [6, 6.07) is 11.4. The second-order valence-corrected chi connectivity index (χ2v) is 4.43. The van der Waals surface area contributed by atoms with Crippen molar-refractivity contribution >= 4 is 5.69 Å². The van der Waals surface area contributed by atoms with Crippen LogP contribution in [0.3, 0.4) is 0 Å². The Morgan fingerprint density at radius 1 is 1.00 bits per heavy atom. The fourth-order valence-corrected chi connectivity index (χ4v) is 1.91. The van der Waals surface area contributed by atoms with Gasteiger partial charge in [0.05, 0.1) is 0 Å². The lowest BCUT2D eigenvalue weighted by Gasteiger charge is -2.20. The van der Waals surface area contributed by atoms with Gasteiger partial charge < -0.3 is 10.6 Å². The number of anilines is 1. The highest BCUT2D eigenvalue weighted by Gasteiger charge is 2.08. The van der Waals surface area contributed by atoms with E-state index in [-0.39, 0.29) is 18.2 Å². The van der Waals surface area contributed by atoms with Gasteiger partial charge in [-0.3, -0.25) is 0 Å². The van der Waals surface area contributed by atoms with Crippen LogP contribution < -0.4 is 10.6 Å². The molecule has 0 aliphatic carbocycles. The maximum absolute atomic E-state index is 13.6. The van der Waals surface area contributed by atoms with Gasteiger partial charge in [-0.2, -0.15) is 0 Å². The molecule has 0 fully saturated rings. The van der Waals surface area contributed by atoms with Gasteiger partial charge in [0.1, 0.15) is 11.6 Å². The molecule has 0 saturated carbocycles. The van der Waals surface area contributed by atoms with E-state index in [9.17, 15) is 8.78 Å². The summed E-state index contributed by atoms with van der Waals surface area (Å²) in [6.07, 6.45) is 0. The lowest BCUT2D eigenvalue weighted by molar-refractivity contribution is 0.604. The van der Waals surface area contributed by atoms with Crippen molar-refractivity contribution in [2.24, 2.45) is 5.73 Å². The molecule has 19 heavy (non-hydrogen) atoms. The number of nitrogens with zero attached hydrogens (tertiary/aromatic N) is 1. The number of nitrogens with two attached hydrogens (primary N) is 1. The highest BCUT2D eigenvalue weighted by molar-refractivity contribution is 5.48. The fraction of sp³-hybridized carbons (Fsp3) is 0.200. The van der Waals surface area contributed by atoms with E-state index in [0.29, 0.717) is 23.4 Å². The quantitative estimate of drug-likeness (QED) is 0.917. The van der Waals surface area contributed by atoms with E-state index in [1.54, 1.807) is 42.3 Å². The van der Waals surface area contributed by atoms with Gasteiger partial charge in [-0.15, -0.1) is 0 Å². The van der Waals surface area contributed by atoms with Crippen molar-refractivity contribution in [3.8, 4) is 0 Å². The van der Waals surface area contributed by atoms with E-state index in [4.69, 9.17) is 5.73 Å². The number of benzene rings is 2. The Kier molecular flexibility index (Phi) is 4.12. The first kappa shape index (κ1) is 13.5. The molecule has 0 unspecified atom stereocenters. The van der Waals surface area contributed by atoms with Crippen molar-refractivity contribution in [3.05, 3.63) is 65.2 Å². The highest BCUT2D eigenvalue weighted by Crippen LogP contribution is 2.20. The van der Waals surface area contributed by atoms with Gasteiger partial charge in [-0.1, -0.05) is 24.3 Å². The number of halogens is 2.